The van der Waals surface area contributed by atoms with Crippen molar-refractivity contribution in [1.29, 1.82) is 0 Å². The van der Waals surface area contributed by atoms with Gasteiger partial charge in [-0.05, 0) is 31.4 Å². The molecular formula is C40H70N2O10. The lowest BCUT2D eigenvalue weighted by Crippen LogP contribution is -2.60. The number of carbonyl (C=O) groups is 2. The number of carbonyl (C=O) groups excluding carboxylic acids is 2. The topological polar surface area (TPSA) is 198 Å². The monoisotopic (exact) mass is 739 g/mol. The number of hydrogen-bond acceptors (Lipinski definition) is 10. The third kappa shape index (κ3) is 18.7. The van der Waals surface area contributed by atoms with E-state index < -0.39 is 55.6 Å². The molecule has 12 heteroatoms. The van der Waals surface area contributed by atoms with Gasteiger partial charge in [-0.15, -0.1) is 0 Å². The molecule has 0 radical (unpaired) electrons. The van der Waals surface area contributed by atoms with Gasteiger partial charge in [0.15, 0.2) is 6.29 Å². The van der Waals surface area contributed by atoms with Crippen LogP contribution in [0.25, 0.3) is 0 Å². The summed E-state index contributed by atoms with van der Waals surface area (Å²) in [6.07, 6.45) is 10.0. The standard InChI is InChI=1S/C40H70N2O10/c1-2-3-4-5-6-7-8-9-10-11-14-20-25-32(44)35(46)31(29-51-40-38(49)37(48)36(47)33(28-43)52-40)42-34(45)26-21-15-12-13-16-22-27-41-39(50)30-23-18-17-19-24-30/h17-19,23-24,31-33,35-38,40,43-44,46-49H,2-16,20-22,25-29H2,1H3,(H,41,50)(H,42,45)/t31-,32+,33?,35-,36-,37-,38?,40-/m0/s1. The Morgan fingerprint density at radius 2 is 1.31 bits per heavy atom. The molecule has 8 atom stereocenters. The highest BCUT2D eigenvalue weighted by molar-refractivity contribution is 5.94. The number of aliphatic hydroxyl groups excluding tert-OH is 6. The van der Waals surface area contributed by atoms with E-state index in [-0.39, 0.29) is 24.8 Å². The van der Waals surface area contributed by atoms with Crippen molar-refractivity contribution in [2.75, 3.05) is 19.8 Å². The van der Waals surface area contributed by atoms with Crippen LogP contribution >= 0.6 is 0 Å². The average Bonchev–Trinajstić information content (AvgIpc) is 3.15. The van der Waals surface area contributed by atoms with Gasteiger partial charge in [0.1, 0.15) is 30.5 Å². The van der Waals surface area contributed by atoms with Crippen molar-refractivity contribution < 1.29 is 49.7 Å². The zero-order chi connectivity index (χ0) is 38.0. The third-order valence-corrected chi connectivity index (χ3v) is 9.95. The van der Waals surface area contributed by atoms with Gasteiger partial charge in [-0.3, -0.25) is 9.59 Å². The molecule has 12 nitrogen and oxygen atoms in total. The van der Waals surface area contributed by atoms with Crippen LogP contribution in [0.1, 0.15) is 146 Å². The van der Waals surface area contributed by atoms with Gasteiger partial charge in [-0.25, -0.2) is 0 Å². The molecule has 0 aromatic heterocycles. The summed E-state index contributed by atoms with van der Waals surface area (Å²) in [5, 5.41) is 67.8. The Morgan fingerprint density at radius 3 is 1.90 bits per heavy atom. The van der Waals surface area contributed by atoms with Crippen LogP contribution < -0.4 is 10.6 Å². The molecule has 300 valence electrons. The van der Waals surface area contributed by atoms with Crippen LogP contribution in [-0.4, -0.2) is 111 Å². The van der Waals surface area contributed by atoms with Crippen molar-refractivity contribution in [3.05, 3.63) is 35.9 Å². The van der Waals surface area contributed by atoms with Crippen LogP contribution in [0.2, 0.25) is 0 Å². The summed E-state index contributed by atoms with van der Waals surface area (Å²) in [6, 6.07) is 8.07. The third-order valence-electron chi connectivity index (χ3n) is 9.95. The molecule has 2 amide bonds. The van der Waals surface area contributed by atoms with Crippen LogP contribution in [0.4, 0.5) is 0 Å². The first-order valence-corrected chi connectivity index (χ1v) is 20.1. The molecule has 1 saturated heterocycles. The van der Waals surface area contributed by atoms with E-state index in [9.17, 15) is 40.2 Å². The number of amides is 2. The number of benzene rings is 1. The first kappa shape index (κ1) is 46.0. The molecule has 2 unspecified atom stereocenters. The number of nitrogens with one attached hydrogen (secondary N) is 2. The summed E-state index contributed by atoms with van der Waals surface area (Å²) >= 11 is 0. The number of rotatable bonds is 30. The first-order chi connectivity index (χ1) is 25.2. The second kappa shape index (κ2) is 28.3. The van der Waals surface area contributed by atoms with E-state index in [0.29, 0.717) is 24.9 Å². The molecule has 1 aromatic carbocycles. The SMILES string of the molecule is CCCCCCCCCCCCCC[C@@H](O)[C@@H](O)[C@H](CO[C@H]1OC(CO)[C@H](O)[C@H](O)C1O)NC(=O)CCCCCCCCNC(=O)c1ccccc1. The Labute approximate surface area is 311 Å². The van der Waals surface area contributed by atoms with Gasteiger partial charge in [-0.2, -0.15) is 0 Å². The molecule has 1 fully saturated rings. The Hall–Kier alpha value is -2.16. The summed E-state index contributed by atoms with van der Waals surface area (Å²) in [4.78, 5) is 25.1. The maximum Gasteiger partial charge on any atom is 0.251 e. The zero-order valence-corrected chi connectivity index (χ0v) is 31.6. The molecule has 1 aliphatic rings. The second-order valence-corrected chi connectivity index (χ2v) is 14.4. The van der Waals surface area contributed by atoms with Crippen LogP contribution in [-0.2, 0) is 14.3 Å². The molecule has 52 heavy (non-hydrogen) atoms. The highest BCUT2D eigenvalue weighted by Gasteiger charge is 2.44. The predicted octanol–water partition coefficient (Wildman–Crippen LogP) is 4.26. The first-order valence-electron chi connectivity index (χ1n) is 20.1. The normalized spacial score (nSPS) is 22.1. The van der Waals surface area contributed by atoms with E-state index in [2.05, 4.69) is 17.6 Å². The number of unbranched alkanes of at least 4 members (excludes halogenated alkanes) is 16. The Bertz CT molecular complexity index is 1050. The van der Waals surface area contributed by atoms with E-state index in [1.54, 1.807) is 12.1 Å². The molecule has 8 N–H and O–H groups in total. The summed E-state index contributed by atoms with van der Waals surface area (Å²) in [6.45, 7) is 1.88. The van der Waals surface area contributed by atoms with Crippen LogP contribution in [0.3, 0.4) is 0 Å². The van der Waals surface area contributed by atoms with E-state index in [1.807, 2.05) is 18.2 Å². The predicted molar refractivity (Wildman–Crippen MR) is 200 cm³/mol. The Morgan fingerprint density at radius 1 is 0.750 bits per heavy atom. The van der Waals surface area contributed by atoms with Gasteiger partial charge >= 0.3 is 0 Å². The smallest absolute Gasteiger partial charge is 0.251 e. The molecule has 1 aromatic rings. The summed E-state index contributed by atoms with van der Waals surface area (Å²) in [5.74, 6) is -0.395. The average molecular weight is 739 g/mol. The number of hydrogen-bond donors (Lipinski definition) is 8. The van der Waals surface area contributed by atoms with E-state index in [1.165, 1.54) is 51.4 Å². The molecule has 0 saturated carbocycles. The van der Waals surface area contributed by atoms with E-state index in [4.69, 9.17) is 9.47 Å². The Balaban J connectivity index is 1.73. The molecule has 1 aliphatic heterocycles. The number of aliphatic hydroxyl groups is 6. The zero-order valence-electron chi connectivity index (χ0n) is 31.6. The maximum atomic E-state index is 12.9. The van der Waals surface area contributed by atoms with Gasteiger partial charge in [0.05, 0.1) is 25.4 Å². The van der Waals surface area contributed by atoms with Gasteiger partial charge in [0.2, 0.25) is 5.91 Å². The highest BCUT2D eigenvalue weighted by Crippen LogP contribution is 2.23. The van der Waals surface area contributed by atoms with Crippen molar-refractivity contribution in [2.45, 2.75) is 184 Å². The largest absolute Gasteiger partial charge is 0.394 e. The lowest BCUT2D eigenvalue weighted by molar-refractivity contribution is -0.303. The quantitative estimate of drug-likeness (QED) is 0.0528. The Kier molecular flexibility index (Phi) is 25.0. The van der Waals surface area contributed by atoms with Crippen molar-refractivity contribution in [2.24, 2.45) is 0 Å². The van der Waals surface area contributed by atoms with Crippen molar-refractivity contribution in [3.63, 3.8) is 0 Å². The van der Waals surface area contributed by atoms with Crippen LogP contribution in [0, 0.1) is 0 Å². The lowest BCUT2D eigenvalue weighted by atomic mass is 9.98. The summed E-state index contributed by atoms with van der Waals surface area (Å²) in [5.41, 5.74) is 0.644. The van der Waals surface area contributed by atoms with Crippen molar-refractivity contribution in [3.8, 4) is 0 Å². The van der Waals surface area contributed by atoms with Crippen LogP contribution in [0.5, 0.6) is 0 Å². The molecule has 0 aliphatic carbocycles. The second-order valence-electron chi connectivity index (χ2n) is 14.4. The minimum Gasteiger partial charge on any atom is -0.394 e. The fourth-order valence-corrected chi connectivity index (χ4v) is 6.55. The molecule has 1 heterocycles. The van der Waals surface area contributed by atoms with Gasteiger partial charge < -0.3 is 50.7 Å². The lowest BCUT2D eigenvalue weighted by Gasteiger charge is -2.40. The van der Waals surface area contributed by atoms with E-state index in [0.717, 1.165) is 57.8 Å². The molecule has 2 rings (SSSR count). The van der Waals surface area contributed by atoms with Crippen molar-refractivity contribution >= 4 is 11.8 Å². The fourth-order valence-electron chi connectivity index (χ4n) is 6.55. The molecule has 0 spiro atoms. The minimum atomic E-state index is -1.63. The molecule has 0 bridgehead atoms. The highest BCUT2D eigenvalue weighted by atomic mass is 16.7. The number of ether oxygens (including phenoxy) is 2. The minimum absolute atomic E-state index is 0.0783. The summed E-state index contributed by atoms with van der Waals surface area (Å²) in [7, 11) is 0. The summed E-state index contributed by atoms with van der Waals surface area (Å²) < 4.78 is 11.1. The van der Waals surface area contributed by atoms with Crippen LogP contribution in [0.15, 0.2) is 30.3 Å². The van der Waals surface area contributed by atoms with Gasteiger partial charge in [0, 0.05) is 18.5 Å². The maximum absolute atomic E-state index is 12.9. The van der Waals surface area contributed by atoms with Gasteiger partial charge in [-0.1, -0.05) is 128 Å². The fraction of sp³-hybridized carbons (Fsp3) is 0.800. The van der Waals surface area contributed by atoms with Crippen molar-refractivity contribution in [1.82, 2.24) is 10.6 Å². The van der Waals surface area contributed by atoms with E-state index >= 15 is 0 Å². The molecular weight excluding hydrogens is 668 g/mol. The van der Waals surface area contributed by atoms with Gasteiger partial charge in [0.25, 0.3) is 5.91 Å².